The number of primary amides is 1. The summed E-state index contributed by atoms with van der Waals surface area (Å²) in [6, 6.07) is -1.09. The van der Waals surface area contributed by atoms with Crippen molar-refractivity contribution >= 4 is 11.9 Å². The van der Waals surface area contributed by atoms with E-state index in [1.807, 2.05) is 6.92 Å². The van der Waals surface area contributed by atoms with Crippen molar-refractivity contribution in [1.29, 1.82) is 0 Å². The number of nitrogens with one attached hydrogen (secondary N) is 2. The van der Waals surface area contributed by atoms with Gasteiger partial charge in [-0.05, 0) is 19.8 Å². The fourth-order valence-electron chi connectivity index (χ4n) is 3.51. The number of hydrogen-bond acceptors (Lipinski definition) is 4. The number of amides is 3. The van der Waals surface area contributed by atoms with E-state index < -0.39 is 6.03 Å². The van der Waals surface area contributed by atoms with Gasteiger partial charge in [-0.2, -0.15) is 0 Å². The largest absolute Gasteiger partial charge is 0.351 e. The summed E-state index contributed by atoms with van der Waals surface area (Å²) in [4.78, 5) is 25.1. The average Bonchev–Trinajstić information content (AvgIpc) is 2.38. The van der Waals surface area contributed by atoms with Crippen molar-refractivity contribution in [3.63, 3.8) is 0 Å². The van der Waals surface area contributed by atoms with Gasteiger partial charge in [-0.15, -0.1) is 0 Å². The summed E-state index contributed by atoms with van der Waals surface area (Å²) in [5.74, 6) is -0.292. The number of urea groups is 1. The zero-order chi connectivity index (χ0) is 13.9. The van der Waals surface area contributed by atoms with E-state index in [0.717, 1.165) is 32.5 Å². The predicted molar refractivity (Wildman–Crippen MR) is 72.6 cm³/mol. The lowest BCUT2D eigenvalue weighted by Crippen LogP contribution is -2.66. The van der Waals surface area contributed by atoms with Crippen molar-refractivity contribution in [2.75, 3.05) is 19.6 Å². The molecule has 6 heteroatoms. The van der Waals surface area contributed by atoms with E-state index >= 15 is 0 Å². The van der Waals surface area contributed by atoms with Crippen molar-refractivity contribution in [1.82, 2.24) is 15.5 Å². The monoisotopic (exact) mass is 268 g/mol. The maximum Gasteiger partial charge on any atom is 0.318 e. The van der Waals surface area contributed by atoms with Gasteiger partial charge in [0.2, 0.25) is 5.91 Å². The van der Waals surface area contributed by atoms with Gasteiger partial charge in [0.05, 0.1) is 6.04 Å². The number of nitrogens with zero attached hydrogens (tertiary/aromatic N) is 1. The molecular formula is C13H24N4O2. The van der Waals surface area contributed by atoms with Crippen molar-refractivity contribution in [3.8, 4) is 0 Å². The molecule has 1 saturated heterocycles. The second-order valence-corrected chi connectivity index (χ2v) is 5.68. The molecule has 3 amide bonds. The molecule has 1 aliphatic carbocycles. The van der Waals surface area contributed by atoms with Gasteiger partial charge in [0, 0.05) is 25.2 Å². The minimum atomic E-state index is -0.773. The Morgan fingerprint density at radius 1 is 1.32 bits per heavy atom. The fraction of sp³-hybridized carbons (Fsp3) is 0.846. The van der Waals surface area contributed by atoms with E-state index in [9.17, 15) is 9.59 Å². The lowest BCUT2D eigenvalue weighted by atomic mass is 9.78. The highest BCUT2D eigenvalue weighted by Crippen LogP contribution is 2.35. The first-order chi connectivity index (χ1) is 9.05. The second-order valence-electron chi connectivity index (χ2n) is 5.68. The Hall–Kier alpha value is -1.14. The van der Waals surface area contributed by atoms with Crippen LogP contribution in [0.3, 0.4) is 0 Å². The third-order valence-electron chi connectivity index (χ3n) is 4.47. The van der Waals surface area contributed by atoms with Gasteiger partial charge in [0.15, 0.2) is 0 Å². The van der Waals surface area contributed by atoms with Crippen LogP contribution in [0.5, 0.6) is 0 Å². The van der Waals surface area contributed by atoms with Crippen LogP contribution < -0.4 is 16.4 Å². The number of imide groups is 1. The Kier molecular flexibility index (Phi) is 4.42. The van der Waals surface area contributed by atoms with Crippen LogP contribution in [0.25, 0.3) is 0 Å². The number of rotatable bonds is 2. The van der Waals surface area contributed by atoms with Gasteiger partial charge < -0.3 is 11.1 Å². The summed E-state index contributed by atoms with van der Waals surface area (Å²) in [5.41, 5.74) is 5.10. The van der Waals surface area contributed by atoms with Crippen LogP contribution in [0.15, 0.2) is 0 Å². The molecule has 1 saturated carbocycles. The Balaban J connectivity index is 2.10. The summed E-state index contributed by atoms with van der Waals surface area (Å²) in [5, 5.41) is 5.64. The lowest BCUT2D eigenvalue weighted by molar-refractivity contribution is -0.129. The van der Waals surface area contributed by atoms with Crippen molar-refractivity contribution in [2.45, 2.75) is 50.6 Å². The molecule has 1 spiro atoms. The molecule has 19 heavy (non-hydrogen) atoms. The van der Waals surface area contributed by atoms with Crippen molar-refractivity contribution < 1.29 is 9.59 Å². The first-order valence-electron chi connectivity index (χ1n) is 7.13. The first kappa shape index (κ1) is 14.3. The van der Waals surface area contributed by atoms with E-state index in [-0.39, 0.29) is 17.5 Å². The van der Waals surface area contributed by atoms with Crippen LogP contribution in [0.4, 0.5) is 4.79 Å². The summed E-state index contributed by atoms with van der Waals surface area (Å²) in [7, 11) is 0. The van der Waals surface area contributed by atoms with Crippen LogP contribution in [-0.2, 0) is 4.79 Å². The molecule has 108 valence electrons. The Bertz CT molecular complexity index is 344. The van der Waals surface area contributed by atoms with Gasteiger partial charge in [0.1, 0.15) is 0 Å². The molecule has 2 fully saturated rings. The molecule has 1 atom stereocenters. The van der Waals surface area contributed by atoms with Crippen molar-refractivity contribution in [2.24, 2.45) is 5.73 Å². The quantitative estimate of drug-likeness (QED) is 0.666. The molecule has 1 heterocycles. The van der Waals surface area contributed by atoms with Crippen LogP contribution in [0.1, 0.15) is 39.0 Å². The second kappa shape index (κ2) is 5.88. The van der Waals surface area contributed by atoms with Crippen LogP contribution >= 0.6 is 0 Å². The normalized spacial score (nSPS) is 24.9. The van der Waals surface area contributed by atoms with Crippen LogP contribution in [0.2, 0.25) is 0 Å². The molecule has 0 aromatic carbocycles. The number of carbonyl (C=O) groups excluding carboxylic acids is 2. The highest BCUT2D eigenvalue weighted by molar-refractivity contribution is 5.96. The number of nitrogens with two attached hydrogens (primary N) is 1. The number of carbonyl (C=O) groups is 2. The van der Waals surface area contributed by atoms with E-state index in [4.69, 9.17) is 5.73 Å². The van der Waals surface area contributed by atoms with E-state index in [1.165, 1.54) is 19.3 Å². The maximum absolute atomic E-state index is 12.0. The highest BCUT2D eigenvalue weighted by atomic mass is 16.2. The van der Waals surface area contributed by atoms with Crippen LogP contribution in [-0.4, -0.2) is 48.1 Å². The minimum absolute atomic E-state index is 0.0743. The van der Waals surface area contributed by atoms with E-state index in [1.54, 1.807) is 0 Å². The van der Waals surface area contributed by atoms with Gasteiger partial charge in [-0.25, -0.2) is 4.79 Å². The minimum Gasteiger partial charge on any atom is -0.351 e. The molecule has 1 unspecified atom stereocenters. The molecule has 2 aliphatic rings. The zero-order valence-electron chi connectivity index (χ0n) is 11.6. The summed E-state index contributed by atoms with van der Waals surface area (Å²) in [6.07, 6.45) is 5.94. The van der Waals surface area contributed by atoms with E-state index in [2.05, 4.69) is 15.5 Å². The summed E-state index contributed by atoms with van der Waals surface area (Å²) >= 11 is 0. The Morgan fingerprint density at radius 2 is 2.00 bits per heavy atom. The Labute approximate surface area is 114 Å². The highest BCUT2D eigenvalue weighted by Gasteiger charge is 2.43. The lowest BCUT2D eigenvalue weighted by Gasteiger charge is -2.51. The first-order valence-corrected chi connectivity index (χ1v) is 7.13. The van der Waals surface area contributed by atoms with Crippen LogP contribution in [0, 0.1) is 0 Å². The zero-order valence-corrected chi connectivity index (χ0v) is 11.6. The van der Waals surface area contributed by atoms with Crippen molar-refractivity contribution in [3.05, 3.63) is 0 Å². The molecule has 1 aliphatic heterocycles. The standard InChI is InChI=1S/C13H24N4O2/c1-10(11(18)16-12(14)19)17-8-7-15-9-13(17)5-3-2-4-6-13/h10,15H,2-9H2,1H3,(H3,14,16,18,19). The third kappa shape index (κ3) is 3.06. The topological polar surface area (TPSA) is 87.5 Å². The molecule has 2 rings (SSSR count). The Morgan fingerprint density at radius 3 is 2.63 bits per heavy atom. The molecule has 4 N–H and O–H groups in total. The summed E-state index contributed by atoms with van der Waals surface area (Å²) < 4.78 is 0. The average molecular weight is 268 g/mol. The predicted octanol–water partition coefficient (Wildman–Crippen LogP) is 0.178. The molecular weight excluding hydrogens is 244 g/mol. The number of piperazine rings is 1. The SMILES string of the molecule is CC(C(=O)NC(N)=O)N1CCNCC12CCCCC2. The summed E-state index contributed by atoms with van der Waals surface area (Å²) in [6.45, 7) is 4.52. The van der Waals surface area contributed by atoms with E-state index in [0.29, 0.717) is 0 Å². The number of hydrogen-bond donors (Lipinski definition) is 3. The molecule has 0 bridgehead atoms. The molecule has 6 nitrogen and oxygen atoms in total. The molecule has 0 aromatic rings. The van der Waals surface area contributed by atoms with Gasteiger partial charge >= 0.3 is 6.03 Å². The molecule has 0 aromatic heterocycles. The van der Waals surface area contributed by atoms with Gasteiger partial charge in [-0.3, -0.25) is 15.0 Å². The third-order valence-corrected chi connectivity index (χ3v) is 4.47. The molecule has 0 radical (unpaired) electrons. The maximum atomic E-state index is 12.0. The van der Waals surface area contributed by atoms with Gasteiger partial charge in [-0.1, -0.05) is 19.3 Å². The smallest absolute Gasteiger partial charge is 0.318 e. The fourth-order valence-corrected chi connectivity index (χ4v) is 3.51. The van der Waals surface area contributed by atoms with Gasteiger partial charge in [0.25, 0.3) is 0 Å².